The smallest absolute Gasteiger partial charge is 0.127 e. The number of nitrogens with two attached hydrogens (primary N) is 1. The van der Waals surface area contributed by atoms with Crippen LogP contribution in [0.3, 0.4) is 0 Å². The summed E-state index contributed by atoms with van der Waals surface area (Å²) in [5.74, 6) is -0.271. The molecular formula is C15H15ClFNS. The summed E-state index contributed by atoms with van der Waals surface area (Å²) in [6, 6.07) is 6.84. The predicted octanol–water partition coefficient (Wildman–Crippen LogP) is 4.27. The van der Waals surface area contributed by atoms with Gasteiger partial charge < -0.3 is 5.73 Å². The summed E-state index contributed by atoms with van der Waals surface area (Å²) in [4.78, 5) is 2.63. The average molecular weight is 296 g/mol. The fourth-order valence-corrected chi connectivity index (χ4v) is 3.98. The molecule has 0 fully saturated rings. The summed E-state index contributed by atoms with van der Waals surface area (Å²) in [5, 5.41) is 0.421. The molecule has 1 unspecified atom stereocenters. The normalized spacial score (nSPS) is 15.5. The van der Waals surface area contributed by atoms with Gasteiger partial charge in [-0.15, -0.1) is 11.3 Å². The Morgan fingerprint density at radius 2 is 2.16 bits per heavy atom. The molecule has 2 aromatic rings. The Bertz CT molecular complexity index is 587. The van der Waals surface area contributed by atoms with Gasteiger partial charge in [-0.3, -0.25) is 0 Å². The van der Waals surface area contributed by atoms with Crippen LogP contribution in [-0.4, -0.2) is 0 Å². The van der Waals surface area contributed by atoms with Gasteiger partial charge >= 0.3 is 0 Å². The highest BCUT2D eigenvalue weighted by atomic mass is 35.5. The van der Waals surface area contributed by atoms with E-state index in [1.165, 1.54) is 34.2 Å². The van der Waals surface area contributed by atoms with Crippen LogP contribution in [0.2, 0.25) is 5.02 Å². The van der Waals surface area contributed by atoms with Gasteiger partial charge in [-0.1, -0.05) is 17.7 Å². The number of aryl methyl sites for hydroxylation is 2. The van der Waals surface area contributed by atoms with E-state index in [1.807, 2.05) is 0 Å². The molecule has 0 bridgehead atoms. The van der Waals surface area contributed by atoms with Crippen LogP contribution in [0.15, 0.2) is 24.3 Å². The van der Waals surface area contributed by atoms with E-state index >= 15 is 0 Å². The van der Waals surface area contributed by atoms with Crippen LogP contribution in [0.1, 0.15) is 33.3 Å². The quantitative estimate of drug-likeness (QED) is 0.899. The lowest BCUT2D eigenvalue weighted by Crippen LogP contribution is -2.12. The minimum absolute atomic E-state index is 0.133. The van der Waals surface area contributed by atoms with Crippen molar-refractivity contribution in [2.75, 3.05) is 0 Å². The molecule has 1 nitrogen and oxygen atoms in total. The van der Waals surface area contributed by atoms with Crippen LogP contribution in [0.25, 0.3) is 0 Å². The van der Waals surface area contributed by atoms with E-state index < -0.39 is 0 Å². The zero-order valence-corrected chi connectivity index (χ0v) is 12.0. The Labute approximate surface area is 121 Å². The second kappa shape index (κ2) is 5.23. The van der Waals surface area contributed by atoms with Crippen molar-refractivity contribution in [2.45, 2.75) is 31.7 Å². The zero-order valence-electron chi connectivity index (χ0n) is 10.5. The van der Waals surface area contributed by atoms with Gasteiger partial charge in [0.05, 0.1) is 0 Å². The number of hydrogen-bond donors (Lipinski definition) is 1. The first kappa shape index (κ1) is 13.1. The van der Waals surface area contributed by atoms with Crippen molar-refractivity contribution in [3.63, 3.8) is 0 Å². The second-order valence-electron chi connectivity index (χ2n) is 5.00. The van der Waals surface area contributed by atoms with Crippen LogP contribution in [0.4, 0.5) is 4.39 Å². The molecule has 1 aromatic heterocycles. The van der Waals surface area contributed by atoms with Crippen LogP contribution in [-0.2, 0) is 19.3 Å². The maximum Gasteiger partial charge on any atom is 0.127 e. The lowest BCUT2D eigenvalue weighted by Gasteiger charge is -2.10. The molecule has 0 saturated heterocycles. The molecule has 1 aliphatic rings. The molecule has 1 aromatic carbocycles. The maximum absolute atomic E-state index is 13.8. The largest absolute Gasteiger partial charge is 0.323 e. The fourth-order valence-electron chi connectivity index (χ4n) is 2.56. The van der Waals surface area contributed by atoms with Crippen molar-refractivity contribution in [1.29, 1.82) is 0 Å². The Balaban J connectivity index is 1.78. The third-order valence-electron chi connectivity index (χ3n) is 3.59. The Hall–Kier alpha value is -0.900. The fraction of sp³-hybridized carbons (Fsp3) is 0.333. The zero-order chi connectivity index (χ0) is 13.4. The highest BCUT2D eigenvalue weighted by Crippen LogP contribution is 2.34. The van der Waals surface area contributed by atoms with Gasteiger partial charge in [0, 0.05) is 20.8 Å². The lowest BCUT2D eigenvalue weighted by molar-refractivity contribution is 0.595. The molecule has 19 heavy (non-hydrogen) atoms. The molecule has 0 amide bonds. The average Bonchev–Trinajstić information content (AvgIpc) is 2.93. The summed E-state index contributed by atoms with van der Waals surface area (Å²) in [5.41, 5.74) is 8.27. The van der Waals surface area contributed by atoms with E-state index in [0.717, 1.165) is 6.42 Å². The van der Waals surface area contributed by atoms with E-state index in [0.29, 0.717) is 17.0 Å². The van der Waals surface area contributed by atoms with Gasteiger partial charge in [0.15, 0.2) is 0 Å². The van der Waals surface area contributed by atoms with Crippen molar-refractivity contribution in [1.82, 2.24) is 0 Å². The third-order valence-corrected chi connectivity index (χ3v) is 5.19. The third kappa shape index (κ3) is 2.69. The lowest BCUT2D eigenvalue weighted by atomic mass is 10.0. The van der Waals surface area contributed by atoms with Gasteiger partial charge in [0.25, 0.3) is 0 Å². The summed E-state index contributed by atoms with van der Waals surface area (Å²) < 4.78 is 13.8. The standard InChI is InChI=1S/C15H15ClFNS/c16-11-5-4-9(12(17)8-11)6-13(18)15-7-10-2-1-3-14(10)19-15/h4-5,7-8,13H,1-3,6,18H2. The van der Waals surface area contributed by atoms with E-state index in [-0.39, 0.29) is 11.9 Å². The van der Waals surface area contributed by atoms with Crippen molar-refractivity contribution in [3.8, 4) is 0 Å². The van der Waals surface area contributed by atoms with E-state index in [1.54, 1.807) is 23.5 Å². The molecule has 1 atom stereocenters. The van der Waals surface area contributed by atoms with Gasteiger partial charge in [-0.25, -0.2) is 4.39 Å². The minimum Gasteiger partial charge on any atom is -0.323 e. The van der Waals surface area contributed by atoms with E-state index in [2.05, 4.69) is 6.07 Å². The molecule has 1 heterocycles. The van der Waals surface area contributed by atoms with Gasteiger partial charge in [-0.05, 0) is 55.0 Å². The van der Waals surface area contributed by atoms with Crippen LogP contribution < -0.4 is 5.73 Å². The Kier molecular flexibility index (Phi) is 3.61. The molecule has 0 aliphatic heterocycles. The molecular weight excluding hydrogens is 281 g/mol. The molecule has 0 radical (unpaired) electrons. The van der Waals surface area contributed by atoms with Crippen LogP contribution in [0, 0.1) is 5.82 Å². The monoisotopic (exact) mass is 295 g/mol. The molecule has 100 valence electrons. The first-order valence-corrected chi connectivity index (χ1v) is 7.64. The molecule has 2 N–H and O–H groups in total. The Morgan fingerprint density at radius 3 is 2.89 bits per heavy atom. The van der Waals surface area contributed by atoms with E-state index in [9.17, 15) is 4.39 Å². The van der Waals surface area contributed by atoms with Crippen molar-refractivity contribution >= 4 is 22.9 Å². The van der Waals surface area contributed by atoms with Crippen LogP contribution >= 0.6 is 22.9 Å². The predicted molar refractivity (Wildman–Crippen MR) is 78.4 cm³/mol. The number of hydrogen-bond acceptors (Lipinski definition) is 2. The van der Waals surface area contributed by atoms with Gasteiger partial charge in [0.2, 0.25) is 0 Å². The Morgan fingerprint density at radius 1 is 1.32 bits per heavy atom. The van der Waals surface area contributed by atoms with Crippen molar-refractivity contribution in [2.24, 2.45) is 5.73 Å². The first-order chi connectivity index (χ1) is 9.13. The minimum atomic E-state index is -0.271. The number of thiophene rings is 1. The van der Waals surface area contributed by atoms with Gasteiger partial charge in [0.1, 0.15) is 5.82 Å². The topological polar surface area (TPSA) is 26.0 Å². The highest BCUT2D eigenvalue weighted by Gasteiger charge is 2.19. The van der Waals surface area contributed by atoms with Crippen LogP contribution in [0.5, 0.6) is 0 Å². The molecule has 4 heteroatoms. The summed E-state index contributed by atoms with van der Waals surface area (Å²) >= 11 is 7.54. The number of fused-ring (bicyclic) bond motifs is 1. The second-order valence-corrected chi connectivity index (χ2v) is 6.60. The van der Waals surface area contributed by atoms with Crippen molar-refractivity contribution in [3.05, 3.63) is 56.0 Å². The number of benzene rings is 1. The molecule has 0 saturated carbocycles. The number of halogens is 2. The maximum atomic E-state index is 13.8. The summed E-state index contributed by atoms with van der Waals surface area (Å²) in [6.45, 7) is 0. The molecule has 3 rings (SSSR count). The number of rotatable bonds is 3. The summed E-state index contributed by atoms with van der Waals surface area (Å²) in [6.07, 6.45) is 4.10. The van der Waals surface area contributed by atoms with E-state index in [4.69, 9.17) is 17.3 Å². The van der Waals surface area contributed by atoms with Gasteiger partial charge in [-0.2, -0.15) is 0 Å². The highest BCUT2D eigenvalue weighted by molar-refractivity contribution is 7.12. The van der Waals surface area contributed by atoms with Crippen molar-refractivity contribution < 1.29 is 4.39 Å². The first-order valence-electron chi connectivity index (χ1n) is 6.44. The summed E-state index contributed by atoms with van der Waals surface area (Å²) in [7, 11) is 0. The molecule has 1 aliphatic carbocycles. The SMILES string of the molecule is NC(Cc1ccc(Cl)cc1F)c1cc2c(s1)CCC2. The molecule has 0 spiro atoms.